The first-order valence-corrected chi connectivity index (χ1v) is 13.6. The van der Waals surface area contributed by atoms with Crippen molar-refractivity contribution in [1.29, 1.82) is 0 Å². The van der Waals surface area contributed by atoms with Crippen LogP contribution in [-0.2, 0) is 23.7 Å². The third-order valence-electron chi connectivity index (χ3n) is 7.22. The largest absolute Gasteiger partial charge is 0.458 e. The topological polar surface area (TPSA) is 132 Å². The van der Waals surface area contributed by atoms with Crippen LogP contribution in [0.1, 0.15) is 55.3 Å². The standard InChI is InChI=1S/C27H35BrO9/c1-15(28)13-19(35-27(33)16-5-3-2-4-6-16)8-7-17(30)14-21-22(31)25-26(37-21)23(32)24-20(36-25)10-9-18(34-24)11-12-29/h2-6,18-26,29,31-32H,1,7-14H2/t18?,19?,20?,21?,22-,23?,24-,25-,26-/m0/s1. The first kappa shape index (κ1) is 28.4. The average molecular weight is 583 g/mol. The molecular weight excluding hydrogens is 548 g/mol. The average Bonchev–Trinajstić information content (AvgIpc) is 3.18. The monoisotopic (exact) mass is 582 g/mol. The van der Waals surface area contributed by atoms with Gasteiger partial charge in [-0.3, -0.25) is 4.79 Å². The number of aliphatic hydroxyl groups is 3. The van der Waals surface area contributed by atoms with Crippen molar-refractivity contribution in [2.45, 2.75) is 99.9 Å². The molecule has 3 aliphatic rings. The Morgan fingerprint density at radius 2 is 1.78 bits per heavy atom. The van der Waals surface area contributed by atoms with Crippen LogP contribution in [0, 0.1) is 0 Å². The first-order chi connectivity index (χ1) is 17.8. The SMILES string of the molecule is C=C(Br)CC(CCC(=O)CC1O[C@H]2C(O)[C@H]3OC(CCO)CCC3O[C@H]2[C@H]1O)OC(=O)c1ccccc1. The van der Waals surface area contributed by atoms with Crippen LogP contribution in [0.2, 0.25) is 0 Å². The molecule has 3 aliphatic heterocycles. The fourth-order valence-electron chi connectivity index (χ4n) is 5.34. The lowest BCUT2D eigenvalue weighted by Crippen LogP contribution is -2.61. The summed E-state index contributed by atoms with van der Waals surface area (Å²) in [6.07, 6.45) is -3.59. The first-order valence-electron chi connectivity index (χ1n) is 12.8. The number of aliphatic hydroxyl groups excluding tert-OH is 3. The molecule has 0 saturated carbocycles. The Labute approximate surface area is 224 Å². The number of hydrogen-bond donors (Lipinski definition) is 3. The maximum Gasteiger partial charge on any atom is 0.338 e. The van der Waals surface area contributed by atoms with Gasteiger partial charge in [0.1, 0.15) is 42.4 Å². The van der Waals surface area contributed by atoms with Crippen LogP contribution in [0.25, 0.3) is 0 Å². The molecule has 3 fully saturated rings. The Kier molecular flexibility index (Phi) is 9.90. The van der Waals surface area contributed by atoms with Crippen LogP contribution >= 0.6 is 15.9 Å². The molecule has 204 valence electrons. The van der Waals surface area contributed by atoms with Gasteiger partial charge in [0.15, 0.2) is 0 Å². The molecule has 0 aromatic heterocycles. The molecule has 3 saturated heterocycles. The van der Waals surface area contributed by atoms with Gasteiger partial charge in [-0.2, -0.15) is 0 Å². The minimum Gasteiger partial charge on any atom is -0.458 e. The quantitative estimate of drug-likeness (QED) is 0.336. The molecule has 4 rings (SSSR count). The highest BCUT2D eigenvalue weighted by atomic mass is 79.9. The van der Waals surface area contributed by atoms with Crippen LogP contribution < -0.4 is 0 Å². The minimum absolute atomic E-state index is 0.000520. The van der Waals surface area contributed by atoms with Crippen LogP contribution in [-0.4, -0.2) is 88.6 Å². The summed E-state index contributed by atoms with van der Waals surface area (Å²) >= 11 is 3.30. The highest BCUT2D eigenvalue weighted by Gasteiger charge is 2.56. The van der Waals surface area contributed by atoms with Crippen molar-refractivity contribution in [2.75, 3.05) is 6.61 Å². The Morgan fingerprint density at radius 3 is 2.49 bits per heavy atom. The summed E-state index contributed by atoms with van der Waals surface area (Å²) in [7, 11) is 0. The number of hydrogen-bond acceptors (Lipinski definition) is 9. The molecule has 9 atom stereocenters. The summed E-state index contributed by atoms with van der Waals surface area (Å²) in [5, 5.41) is 31.0. The van der Waals surface area contributed by atoms with Gasteiger partial charge in [0.25, 0.3) is 0 Å². The second-order valence-electron chi connectivity index (χ2n) is 9.97. The van der Waals surface area contributed by atoms with Crippen molar-refractivity contribution in [3.05, 3.63) is 47.0 Å². The molecule has 0 radical (unpaired) electrons. The molecule has 0 bridgehead atoms. The van der Waals surface area contributed by atoms with Crippen LogP contribution in [0.15, 0.2) is 41.4 Å². The predicted octanol–water partition coefficient (Wildman–Crippen LogP) is 2.44. The number of Topliss-reactive ketones (excluding diaryl/α,β-unsaturated/α-hetero) is 1. The third kappa shape index (κ3) is 7.06. The van der Waals surface area contributed by atoms with Crippen molar-refractivity contribution in [2.24, 2.45) is 0 Å². The van der Waals surface area contributed by atoms with E-state index in [1.165, 1.54) is 0 Å². The Morgan fingerprint density at radius 1 is 1.05 bits per heavy atom. The summed E-state index contributed by atoms with van der Waals surface area (Å²) < 4.78 is 24.2. The van der Waals surface area contributed by atoms with Gasteiger partial charge in [-0.15, -0.1) is 0 Å². The van der Waals surface area contributed by atoms with E-state index in [1.54, 1.807) is 24.3 Å². The van der Waals surface area contributed by atoms with Crippen molar-refractivity contribution in [3.8, 4) is 0 Å². The van der Waals surface area contributed by atoms with Crippen molar-refractivity contribution in [3.63, 3.8) is 0 Å². The summed E-state index contributed by atoms with van der Waals surface area (Å²) in [5.41, 5.74) is 0.426. The summed E-state index contributed by atoms with van der Waals surface area (Å²) in [4.78, 5) is 25.3. The molecule has 0 aliphatic carbocycles. The van der Waals surface area contributed by atoms with Crippen LogP contribution in [0.4, 0.5) is 0 Å². The van der Waals surface area contributed by atoms with E-state index in [1.807, 2.05) is 6.07 Å². The van der Waals surface area contributed by atoms with E-state index in [9.17, 15) is 24.9 Å². The summed E-state index contributed by atoms with van der Waals surface area (Å²) in [5.74, 6) is -0.628. The second-order valence-corrected chi connectivity index (χ2v) is 11.1. The van der Waals surface area contributed by atoms with Crippen molar-refractivity contribution in [1.82, 2.24) is 0 Å². The zero-order valence-corrected chi connectivity index (χ0v) is 22.2. The van der Waals surface area contributed by atoms with Gasteiger partial charge in [-0.1, -0.05) is 40.7 Å². The molecule has 10 heteroatoms. The maximum atomic E-state index is 12.8. The van der Waals surface area contributed by atoms with Crippen molar-refractivity contribution >= 4 is 27.7 Å². The lowest BCUT2D eigenvalue weighted by molar-refractivity contribution is -0.260. The fourth-order valence-corrected chi connectivity index (χ4v) is 5.70. The van der Waals surface area contributed by atoms with E-state index in [-0.39, 0.29) is 37.4 Å². The van der Waals surface area contributed by atoms with Gasteiger partial charge in [0.05, 0.1) is 23.9 Å². The Bertz CT molecular complexity index is 941. The number of rotatable bonds is 11. The second kappa shape index (κ2) is 12.9. The van der Waals surface area contributed by atoms with Gasteiger partial charge in [-0.25, -0.2) is 4.79 Å². The van der Waals surface area contributed by atoms with Gasteiger partial charge in [0, 0.05) is 25.9 Å². The number of carbonyl (C=O) groups excluding carboxylic acids is 2. The molecule has 3 heterocycles. The number of fused-ring (bicyclic) bond motifs is 2. The molecule has 1 aromatic carbocycles. The van der Waals surface area contributed by atoms with Gasteiger partial charge in [-0.05, 0) is 42.3 Å². The maximum absolute atomic E-state index is 12.8. The molecule has 3 N–H and O–H groups in total. The minimum atomic E-state index is -1.06. The number of benzene rings is 1. The van der Waals surface area contributed by atoms with Crippen LogP contribution in [0.5, 0.6) is 0 Å². The van der Waals surface area contributed by atoms with E-state index in [0.717, 1.165) is 0 Å². The number of ketones is 1. The fraction of sp³-hybridized carbons (Fsp3) is 0.630. The molecule has 0 spiro atoms. The predicted molar refractivity (Wildman–Crippen MR) is 136 cm³/mol. The van der Waals surface area contributed by atoms with E-state index < -0.39 is 48.7 Å². The lowest BCUT2D eigenvalue weighted by Gasteiger charge is -2.46. The molecule has 1 aromatic rings. The number of halogens is 1. The molecule has 37 heavy (non-hydrogen) atoms. The summed E-state index contributed by atoms with van der Waals surface area (Å²) in [6.45, 7) is 3.82. The third-order valence-corrected chi connectivity index (χ3v) is 7.55. The molecule has 0 amide bonds. The zero-order valence-electron chi connectivity index (χ0n) is 20.6. The number of carbonyl (C=O) groups is 2. The van der Waals surface area contributed by atoms with Crippen LogP contribution in [0.3, 0.4) is 0 Å². The normalized spacial score (nSPS) is 33.7. The van der Waals surface area contributed by atoms with Gasteiger partial charge >= 0.3 is 5.97 Å². The smallest absolute Gasteiger partial charge is 0.338 e. The zero-order chi connectivity index (χ0) is 26.5. The van der Waals surface area contributed by atoms with Crippen molar-refractivity contribution < 1.29 is 43.9 Å². The highest BCUT2D eigenvalue weighted by molar-refractivity contribution is 9.11. The summed E-state index contributed by atoms with van der Waals surface area (Å²) in [6, 6.07) is 8.63. The van der Waals surface area contributed by atoms with Gasteiger partial charge in [0.2, 0.25) is 0 Å². The highest BCUT2D eigenvalue weighted by Crippen LogP contribution is 2.40. The van der Waals surface area contributed by atoms with E-state index in [4.69, 9.17) is 18.9 Å². The molecule has 9 nitrogen and oxygen atoms in total. The Balaban J connectivity index is 1.30. The number of esters is 1. The Hall–Kier alpha value is -1.66. The lowest BCUT2D eigenvalue weighted by atomic mass is 9.88. The number of ether oxygens (including phenoxy) is 4. The van der Waals surface area contributed by atoms with Gasteiger partial charge < -0.3 is 34.3 Å². The van der Waals surface area contributed by atoms with E-state index in [0.29, 0.717) is 42.1 Å². The molecular formula is C27H35BrO9. The molecule has 5 unspecified atom stereocenters. The van der Waals surface area contributed by atoms with E-state index >= 15 is 0 Å². The van der Waals surface area contributed by atoms with E-state index in [2.05, 4.69) is 22.5 Å².